The predicted molar refractivity (Wildman–Crippen MR) is 80.6 cm³/mol. The summed E-state index contributed by atoms with van der Waals surface area (Å²) in [6, 6.07) is 6.89. The van der Waals surface area contributed by atoms with Gasteiger partial charge < -0.3 is 10.1 Å². The Hall–Kier alpha value is -1.88. The molecule has 1 aliphatic heterocycles. The second kappa shape index (κ2) is 7.22. The van der Waals surface area contributed by atoms with Crippen LogP contribution < -0.4 is 10.1 Å². The summed E-state index contributed by atoms with van der Waals surface area (Å²) in [5.74, 6) is 0.762. The van der Waals surface area contributed by atoms with E-state index in [4.69, 9.17) is 4.74 Å². The van der Waals surface area contributed by atoms with Crippen molar-refractivity contribution in [3.8, 4) is 5.75 Å². The molecule has 0 aliphatic carbocycles. The van der Waals surface area contributed by atoms with E-state index >= 15 is 0 Å². The van der Waals surface area contributed by atoms with Gasteiger partial charge in [-0.25, -0.2) is 0 Å². The van der Waals surface area contributed by atoms with Crippen LogP contribution in [-0.4, -0.2) is 49.9 Å². The van der Waals surface area contributed by atoms with Crippen LogP contribution >= 0.6 is 0 Å². The molecule has 21 heavy (non-hydrogen) atoms. The first-order valence-electron chi connectivity index (χ1n) is 7.28. The third-order valence-electron chi connectivity index (χ3n) is 3.92. The SMILES string of the molecule is CNC(=O)C1CCCCN1CC(=O)c1ccc(OC)cc1. The van der Waals surface area contributed by atoms with E-state index < -0.39 is 0 Å². The molecule has 0 spiro atoms. The van der Waals surface area contributed by atoms with Gasteiger partial charge in [-0.15, -0.1) is 0 Å². The fraction of sp³-hybridized carbons (Fsp3) is 0.500. The van der Waals surface area contributed by atoms with Crippen molar-refractivity contribution in [3.63, 3.8) is 0 Å². The molecule has 0 saturated carbocycles. The number of ether oxygens (including phenoxy) is 1. The highest BCUT2D eigenvalue weighted by Crippen LogP contribution is 2.18. The lowest BCUT2D eigenvalue weighted by molar-refractivity contribution is -0.126. The van der Waals surface area contributed by atoms with Crippen molar-refractivity contribution in [1.29, 1.82) is 0 Å². The zero-order valence-corrected chi connectivity index (χ0v) is 12.6. The molecule has 0 radical (unpaired) electrons. The topological polar surface area (TPSA) is 58.6 Å². The van der Waals surface area contributed by atoms with E-state index in [-0.39, 0.29) is 24.3 Å². The van der Waals surface area contributed by atoms with Crippen LogP contribution in [0.1, 0.15) is 29.6 Å². The van der Waals surface area contributed by atoms with Gasteiger partial charge in [0.1, 0.15) is 5.75 Å². The number of carbonyl (C=O) groups excluding carboxylic acids is 2. The Kier molecular flexibility index (Phi) is 5.33. The van der Waals surface area contributed by atoms with Crippen molar-refractivity contribution in [2.75, 3.05) is 27.2 Å². The fourth-order valence-corrected chi connectivity index (χ4v) is 2.70. The van der Waals surface area contributed by atoms with Crippen molar-refractivity contribution >= 4 is 11.7 Å². The highest BCUT2D eigenvalue weighted by Gasteiger charge is 2.29. The van der Waals surface area contributed by atoms with Crippen molar-refractivity contribution in [3.05, 3.63) is 29.8 Å². The lowest BCUT2D eigenvalue weighted by atomic mass is 10.00. The molecule has 1 aromatic rings. The van der Waals surface area contributed by atoms with E-state index in [1.165, 1.54) is 0 Å². The summed E-state index contributed by atoms with van der Waals surface area (Å²) in [7, 11) is 3.24. The van der Waals surface area contributed by atoms with Gasteiger partial charge in [-0.3, -0.25) is 14.5 Å². The lowest BCUT2D eigenvalue weighted by Gasteiger charge is -2.33. The maximum Gasteiger partial charge on any atom is 0.237 e. The van der Waals surface area contributed by atoms with E-state index in [9.17, 15) is 9.59 Å². The molecule has 1 N–H and O–H groups in total. The highest BCUT2D eigenvalue weighted by atomic mass is 16.5. The predicted octanol–water partition coefficient (Wildman–Crippen LogP) is 1.48. The zero-order chi connectivity index (χ0) is 15.2. The largest absolute Gasteiger partial charge is 0.497 e. The fourth-order valence-electron chi connectivity index (χ4n) is 2.70. The van der Waals surface area contributed by atoms with Crippen LogP contribution in [0, 0.1) is 0 Å². The summed E-state index contributed by atoms with van der Waals surface area (Å²) in [5, 5.41) is 2.68. The van der Waals surface area contributed by atoms with Crippen molar-refractivity contribution in [2.45, 2.75) is 25.3 Å². The molecule has 1 unspecified atom stereocenters. The summed E-state index contributed by atoms with van der Waals surface area (Å²) in [6.45, 7) is 1.07. The average molecular weight is 290 g/mol. The Morgan fingerprint density at radius 3 is 2.62 bits per heavy atom. The molecular weight excluding hydrogens is 268 g/mol. The van der Waals surface area contributed by atoms with Crippen molar-refractivity contribution in [2.24, 2.45) is 0 Å². The van der Waals surface area contributed by atoms with Gasteiger partial charge in [0.15, 0.2) is 5.78 Å². The van der Waals surface area contributed by atoms with Gasteiger partial charge in [-0.05, 0) is 43.7 Å². The normalized spacial score (nSPS) is 19.0. The van der Waals surface area contributed by atoms with Crippen molar-refractivity contribution in [1.82, 2.24) is 10.2 Å². The number of hydrogen-bond acceptors (Lipinski definition) is 4. The molecule has 1 fully saturated rings. The van der Waals surface area contributed by atoms with Gasteiger partial charge >= 0.3 is 0 Å². The van der Waals surface area contributed by atoms with Gasteiger partial charge in [0.2, 0.25) is 5.91 Å². The van der Waals surface area contributed by atoms with E-state index in [0.717, 1.165) is 31.6 Å². The molecule has 1 aliphatic rings. The number of hydrogen-bond donors (Lipinski definition) is 1. The number of piperidine rings is 1. The van der Waals surface area contributed by atoms with E-state index in [0.29, 0.717) is 5.56 Å². The molecule has 114 valence electrons. The highest BCUT2D eigenvalue weighted by molar-refractivity contribution is 5.98. The number of ketones is 1. The van der Waals surface area contributed by atoms with Gasteiger partial charge in [-0.2, -0.15) is 0 Å². The van der Waals surface area contributed by atoms with Crippen LogP contribution in [0.4, 0.5) is 0 Å². The van der Waals surface area contributed by atoms with Gasteiger partial charge in [0.05, 0.1) is 19.7 Å². The van der Waals surface area contributed by atoms with E-state index in [1.54, 1.807) is 38.4 Å². The van der Waals surface area contributed by atoms with Gasteiger partial charge in [0, 0.05) is 12.6 Å². The molecule has 1 heterocycles. The molecule has 0 bridgehead atoms. The van der Waals surface area contributed by atoms with Gasteiger partial charge in [0.25, 0.3) is 0 Å². The third-order valence-corrected chi connectivity index (χ3v) is 3.92. The minimum absolute atomic E-state index is 0.00256. The number of rotatable bonds is 5. The number of likely N-dealkylation sites (N-methyl/N-ethyl adjacent to an activating group) is 1. The first-order chi connectivity index (χ1) is 10.2. The number of likely N-dealkylation sites (tertiary alicyclic amines) is 1. The van der Waals surface area contributed by atoms with Crippen LogP contribution in [0.25, 0.3) is 0 Å². The van der Waals surface area contributed by atoms with E-state index in [2.05, 4.69) is 5.32 Å². The number of Topliss-reactive ketones (excluding diaryl/α,β-unsaturated/α-hetero) is 1. The van der Waals surface area contributed by atoms with Crippen molar-refractivity contribution < 1.29 is 14.3 Å². The number of methoxy groups -OCH3 is 1. The first-order valence-corrected chi connectivity index (χ1v) is 7.28. The molecule has 5 heteroatoms. The molecule has 1 saturated heterocycles. The molecule has 5 nitrogen and oxygen atoms in total. The Morgan fingerprint density at radius 1 is 1.29 bits per heavy atom. The Labute approximate surface area is 125 Å². The maximum atomic E-state index is 12.4. The maximum absolute atomic E-state index is 12.4. The average Bonchev–Trinajstić information content (AvgIpc) is 2.54. The minimum atomic E-state index is -0.189. The lowest BCUT2D eigenvalue weighted by Crippen LogP contribution is -2.50. The third kappa shape index (κ3) is 3.82. The number of amides is 1. The van der Waals surface area contributed by atoms with Crippen LogP contribution in [0.5, 0.6) is 5.75 Å². The van der Waals surface area contributed by atoms with Crippen LogP contribution in [-0.2, 0) is 4.79 Å². The quantitative estimate of drug-likeness (QED) is 0.835. The molecule has 2 rings (SSSR count). The Balaban J connectivity index is 2.03. The second-order valence-electron chi connectivity index (χ2n) is 5.25. The molecule has 1 atom stereocenters. The number of carbonyl (C=O) groups is 2. The van der Waals surface area contributed by atoms with Crippen LogP contribution in [0.3, 0.4) is 0 Å². The zero-order valence-electron chi connectivity index (χ0n) is 12.6. The molecule has 0 aromatic heterocycles. The molecular formula is C16H22N2O3. The monoisotopic (exact) mass is 290 g/mol. The van der Waals surface area contributed by atoms with Crippen LogP contribution in [0.2, 0.25) is 0 Å². The minimum Gasteiger partial charge on any atom is -0.497 e. The second-order valence-corrected chi connectivity index (χ2v) is 5.25. The molecule has 1 amide bonds. The van der Waals surface area contributed by atoms with E-state index in [1.807, 2.05) is 4.90 Å². The summed E-state index contributed by atoms with van der Waals surface area (Å²) in [5.41, 5.74) is 0.650. The number of nitrogens with zero attached hydrogens (tertiary/aromatic N) is 1. The number of nitrogens with one attached hydrogen (secondary N) is 1. The van der Waals surface area contributed by atoms with Gasteiger partial charge in [-0.1, -0.05) is 6.42 Å². The number of benzene rings is 1. The summed E-state index contributed by atoms with van der Waals surface area (Å²) in [4.78, 5) is 26.2. The summed E-state index contributed by atoms with van der Waals surface area (Å²) in [6.07, 6.45) is 2.88. The Morgan fingerprint density at radius 2 is 2.00 bits per heavy atom. The smallest absolute Gasteiger partial charge is 0.237 e. The standard InChI is InChI=1S/C16H22N2O3/c1-17-16(20)14-5-3-4-10-18(14)11-15(19)12-6-8-13(21-2)9-7-12/h6-9,14H,3-5,10-11H2,1-2H3,(H,17,20). The summed E-state index contributed by atoms with van der Waals surface area (Å²) < 4.78 is 5.09. The van der Waals surface area contributed by atoms with Crippen LogP contribution in [0.15, 0.2) is 24.3 Å². The summed E-state index contributed by atoms with van der Waals surface area (Å²) >= 11 is 0. The molecule has 1 aromatic carbocycles. The first kappa shape index (κ1) is 15.5. The Bertz CT molecular complexity index is 499.